The summed E-state index contributed by atoms with van der Waals surface area (Å²) >= 11 is 0. The van der Waals surface area contributed by atoms with Crippen LogP contribution >= 0.6 is 7.82 Å². The lowest BCUT2D eigenvalue weighted by Crippen LogP contribution is -2.32. The van der Waals surface area contributed by atoms with Crippen LogP contribution in [0.15, 0.2) is 60.8 Å². The van der Waals surface area contributed by atoms with Gasteiger partial charge >= 0.3 is 13.8 Å². The fraction of sp³-hybridized carbons (Fsp3) is 0.522. The zero-order valence-electron chi connectivity index (χ0n) is 18.6. The maximum atomic E-state index is 11.4. The largest absolute Gasteiger partial charge is 0.469 e. The molecule has 0 unspecified atom stereocenters. The SMILES string of the molecule is CCCCC/C=C/C=C\C=C/[C@H](O)[C@H](C)[C@H](C/C=C/[C@@H]1OC(=O)C=C[C@@H]1O)OP(=O)(O)O. The maximum absolute atomic E-state index is 11.4. The number of allylic oxidation sites excluding steroid dienone is 5. The molecule has 0 spiro atoms. The van der Waals surface area contributed by atoms with Gasteiger partial charge in [-0.25, -0.2) is 9.36 Å². The smallest absolute Gasteiger partial charge is 0.452 e. The van der Waals surface area contributed by atoms with Crippen molar-refractivity contribution in [3.8, 4) is 0 Å². The van der Waals surface area contributed by atoms with E-state index in [-0.39, 0.29) is 6.42 Å². The van der Waals surface area contributed by atoms with E-state index in [0.29, 0.717) is 0 Å². The van der Waals surface area contributed by atoms with Crippen LogP contribution in [0.25, 0.3) is 0 Å². The van der Waals surface area contributed by atoms with Gasteiger partial charge in [0.25, 0.3) is 0 Å². The van der Waals surface area contributed by atoms with Gasteiger partial charge in [-0.2, -0.15) is 0 Å². The zero-order valence-corrected chi connectivity index (χ0v) is 19.5. The standard InChI is InChI=1S/C23H35O8P/c1-3-4-5-6-7-8-9-10-11-13-19(24)18(2)21(31-32(27,28)29)14-12-15-22-20(25)16-17-23(26)30-22/h7-13,15-22,24-25H,3-6,14H2,1-2H3,(H2,27,28,29)/b8-7+,10-9-,13-11-,15-12+/t18-,19-,20-,21-,22-/m0/s1. The average molecular weight is 470 g/mol. The van der Waals surface area contributed by atoms with Gasteiger partial charge < -0.3 is 24.7 Å². The Morgan fingerprint density at radius 3 is 2.59 bits per heavy atom. The lowest BCUT2D eigenvalue weighted by Gasteiger charge is -2.26. The van der Waals surface area contributed by atoms with E-state index in [1.54, 1.807) is 19.1 Å². The summed E-state index contributed by atoms with van der Waals surface area (Å²) in [6, 6.07) is 0. The molecule has 0 amide bonds. The molecule has 0 saturated heterocycles. The summed E-state index contributed by atoms with van der Waals surface area (Å²) in [7, 11) is -4.80. The van der Waals surface area contributed by atoms with Crippen LogP contribution in [-0.2, 0) is 18.6 Å². The molecule has 180 valence electrons. The highest BCUT2D eigenvalue weighted by molar-refractivity contribution is 7.46. The number of esters is 1. The number of carbonyl (C=O) groups is 1. The second-order valence-corrected chi connectivity index (χ2v) is 8.78. The predicted molar refractivity (Wildman–Crippen MR) is 122 cm³/mol. The highest BCUT2D eigenvalue weighted by Crippen LogP contribution is 2.40. The predicted octanol–water partition coefficient (Wildman–Crippen LogP) is 3.50. The molecule has 0 fully saturated rings. The van der Waals surface area contributed by atoms with Crippen LogP contribution in [-0.4, -0.2) is 50.4 Å². The summed E-state index contributed by atoms with van der Waals surface area (Å²) in [6.07, 6.45) is 16.8. The maximum Gasteiger partial charge on any atom is 0.469 e. The third-order valence-electron chi connectivity index (χ3n) is 4.86. The van der Waals surface area contributed by atoms with Gasteiger partial charge in [-0.3, -0.25) is 4.52 Å². The number of phosphoric ester groups is 1. The first kappa shape index (κ1) is 28.2. The summed E-state index contributed by atoms with van der Waals surface area (Å²) in [5.41, 5.74) is 0. The number of hydrogen-bond acceptors (Lipinski definition) is 6. The minimum Gasteiger partial charge on any atom is -0.452 e. The topological polar surface area (TPSA) is 134 Å². The second-order valence-electron chi connectivity index (χ2n) is 7.59. The van der Waals surface area contributed by atoms with Crippen molar-refractivity contribution < 1.29 is 38.6 Å². The van der Waals surface area contributed by atoms with Crippen LogP contribution in [0.1, 0.15) is 46.0 Å². The van der Waals surface area contributed by atoms with E-state index >= 15 is 0 Å². The minimum absolute atomic E-state index is 0.0258. The molecule has 0 aromatic carbocycles. The van der Waals surface area contributed by atoms with Crippen LogP contribution in [0, 0.1) is 5.92 Å². The van der Waals surface area contributed by atoms with E-state index in [2.05, 4.69) is 13.0 Å². The molecule has 1 rings (SSSR count). The normalized spacial score (nSPS) is 22.9. The first-order chi connectivity index (χ1) is 15.1. The number of rotatable bonds is 14. The fourth-order valence-corrected chi connectivity index (χ4v) is 3.58. The van der Waals surface area contributed by atoms with Crippen LogP contribution < -0.4 is 0 Å². The number of unbranched alkanes of at least 4 members (excludes halogenated alkanes) is 3. The number of aliphatic hydroxyl groups is 2. The summed E-state index contributed by atoms with van der Waals surface area (Å²) in [5, 5.41) is 20.2. The van der Waals surface area contributed by atoms with Gasteiger partial charge in [0, 0.05) is 12.0 Å². The molecule has 0 aromatic rings. The van der Waals surface area contributed by atoms with Crippen LogP contribution in [0.2, 0.25) is 0 Å². The molecule has 0 saturated carbocycles. The number of phosphoric acid groups is 1. The van der Waals surface area contributed by atoms with Gasteiger partial charge in [0.1, 0.15) is 12.2 Å². The van der Waals surface area contributed by atoms with Gasteiger partial charge in [0.05, 0.1) is 12.2 Å². The summed E-state index contributed by atoms with van der Waals surface area (Å²) < 4.78 is 21.2. The Hall–Kier alpha value is -1.80. The number of aliphatic hydroxyl groups excluding tert-OH is 2. The van der Waals surface area contributed by atoms with E-state index in [1.807, 2.05) is 12.2 Å². The lowest BCUT2D eigenvalue weighted by molar-refractivity contribution is -0.146. The first-order valence-electron chi connectivity index (χ1n) is 10.8. The van der Waals surface area contributed by atoms with Crippen molar-refractivity contribution >= 4 is 13.8 Å². The van der Waals surface area contributed by atoms with Gasteiger partial charge in [0.2, 0.25) is 0 Å². The highest BCUT2D eigenvalue weighted by Gasteiger charge is 2.30. The molecule has 1 aliphatic heterocycles. The van der Waals surface area contributed by atoms with Crippen LogP contribution in [0.3, 0.4) is 0 Å². The van der Waals surface area contributed by atoms with Crippen molar-refractivity contribution in [3.63, 3.8) is 0 Å². The van der Waals surface area contributed by atoms with E-state index in [1.165, 1.54) is 37.1 Å². The Balaban J connectivity index is 2.66. The van der Waals surface area contributed by atoms with E-state index < -0.39 is 44.1 Å². The van der Waals surface area contributed by atoms with Crippen molar-refractivity contribution in [1.29, 1.82) is 0 Å². The number of ether oxygens (including phenoxy) is 1. The quantitative estimate of drug-likeness (QED) is 0.0997. The van der Waals surface area contributed by atoms with Crippen molar-refractivity contribution in [1.82, 2.24) is 0 Å². The molecule has 1 heterocycles. The molecule has 0 aliphatic carbocycles. The number of cyclic esters (lactones) is 1. The van der Waals surface area contributed by atoms with Crippen LogP contribution in [0.4, 0.5) is 0 Å². The monoisotopic (exact) mass is 470 g/mol. The molecule has 1 aliphatic rings. The molecule has 32 heavy (non-hydrogen) atoms. The summed E-state index contributed by atoms with van der Waals surface area (Å²) in [5.74, 6) is -1.24. The van der Waals surface area contributed by atoms with E-state index in [9.17, 15) is 29.4 Å². The first-order valence-corrected chi connectivity index (χ1v) is 12.3. The molecule has 5 atom stereocenters. The third kappa shape index (κ3) is 12.3. The molecular formula is C23H35O8P. The summed E-state index contributed by atoms with van der Waals surface area (Å²) in [6.45, 7) is 3.76. The molecule has 8 nitrogen and oxygen atoms in total. The Morgan fingerprint density at radius 2 is 1.91 bits per heavy atom. The lowest BCUT2D eigenvalue weighted by atomic mass is 9.95. The van der Waals surface area contributed by atoms with Crippen molar-refractivity contribution in [2.45, 2.75) is 70.4 Å². The highest BCUT2D eigenvalue weighted by atomic mass is 31.2. The number of hydrogen-bond donors (Lipinski definition) is 4. The van der Waals surface area contributed by atoms with Crippen molar-refractivity contribution in [2.75, 3.05) is 0 Å². The zero-order chi connectivity index (χ0) is 24.0. The molecule has 0 radical (unpaired) electrons. The van der Waals surface area contributed by atoms with Gasteiger partial charge in [-0.15, -0.1) is 0 Å². The van der Waals surface area contributed by atoms with Gasteiger partial charge in [-0.05, 0) is 31.4 Å². The Morgan fingerprint density at radius 1 is 1.19 bits per heavy atom. The molecule has 9 heteroatoms. The Bertz CT molecular complexity index is 749. The fourth-order valence-electron chi connectivity index (χ4n) is 2.95. The Kier molecular flexibility index (Phi) is 13.3. The third-order valence-corrected chi connectivity index (χ3v) is 5.41. The minimum atomic E-state index is -4.80. The molecular weight excluding hydrogens is 435 g/mol. The Labute approximate surface area is 189 Å². The van der Waals surface area contributed by atoms with Crippen molar-refractivity contribution in [3.05, 3.63) is 60.8 Å². The number of carbonyl (C=O) groups excluding carboxylic acids is 1. The van der Waals surface area contributed by atoms with E-state index in [4.69, 9.17) is 9.26 Å². The summed E-state index contributed by atoms with van der Waals surface area (Å²) in [4.78, 5) is 29.7. The molecule has 0 aromatic heterocycles. The van der Waals surface area contributed by atoms with Crippen LogP contribution in [0.5, 0.6) is 0 Å². The van der Waals surface area contributed by atoms with Gasteiger partial charge in [0.15, 0.2) is 0 Å². The van der Waals surface area contributed by atoms with Crippen molar-refractivity contribution in [2.24, 2.45) is 5.92 Å². The molecule has 4 N–H and O–H groups in total. The average Bonchev–Trinajstić information content (AvgIpc) is 2.72. The second kappa shape index (κ2) is 15.1. The van der Waals surface area contributed by atoms with Gasteiger partial charge in [-0.1, -0.05) is 69.2 Å². The molecule has 0 bridgehead atoms. The van der Waals surface area contributed by atoms with E-state index in [0.717, 1.165) is 18.9 Å².